The first kappa shape index (κ1) is 20.1. The average Bonchev–Trinajstić information content (AvgIpc) is 2.49. The number of benzene rings is 1. The molecule has 0 aliphatic rings. The molecule has 0 aromatic heterocycles. The highest BCUT2D eigenvalue weighted by atomic mass is 19.1. The molecule has 0 heterocycles. The molecule has 24 heavy (non-hydrogen) atoms. The Morgan fingerprint density at radius 2 is 2.04 bits per heavy atom. The van der Waals surface area contributed by atoms with Crippen LogP contribution >= 0.6 is 0 Å². The Balaban J connectivity index is 3.07. The van der Waals surface area contributed by atoms with Crippen LogP contribution in [0.2, 0.25) is 0 Å². The molecule has 1 atom stereocenters. The fourth-order valence-electron chi connectivity index (χ4n) is 2.85. The molecule has 0 radical (unpaired) electrons. The van der Waals surface area contributed by atoms with E-state index >= 15 is 0 Å². The molecule has 0 saturated carbocycles. The van der Waals surface area contributed by atoms with Crippen LogP contribution in [0.3, 0.4) is 0 Å². The van der Waals surface area contributed by atoms with Crippen LogP contribution in [0.1, 0.15) is 57.6 Å². The maximum Gasteiger partial charge on any atom is 0.303 e. The van der Waals surface area contributed by atoms with Gasteiger partial charge in [0, 0.05) is 6.42 Å². The van der Waals surface area contributed by atoms with Gasteiger partial charge in [0.15, 0.2) is 0 Å². The lowest BCUT2D eigenvalue weighted by atomic mass is 9.85. The molecular formula is C20H28FNO2. The van der Waals surface area contributed by atoms with Crippen molar-refractivity contribution in [2.45, 2.75) is 53.4 Å². The molecule has 0 saturated heterocycles. The fourth-order valence-corrected chi connectivity index (χ4v) is 2.85. The molecule has 2 N–H and O–H groups in total. The summed E-state index contributed by atoms with van der Waals surface area (Å²) >= 11 is 0. The number of nitrogens with one attached hydrogen (secondary N) is 1. The molecule has 1 aromatic rings. The summed E-state index contributed by atoms with van der Waals surface area (Å²) in [5.74, 6) is -0.476. The van der Waals surface area contributed by atoms with Gasteiger partial charge in [-0.2, -0.15) is 0 Å². The van der Waals surface area contributed by atoms with Crippen LogP contribution < -0.4 is 0 Å². The van der Waals surface area contributed by atoms with Gasteiger partial charge in [0.1, 0.15) is 5.82 Å². The van der Waals surface area contributed by atoms with Crippen molar-refractivity contribution in [3.63, 3.8) is 0 Å². The van der Waals surface area contributed by atoms with E-state index in [2.05, 4.69) is 13.8 Å². The van der Waals surface area contributed by atoms with Crippen LogP contribution in [0.5, 0.6) is 0 Å². The Labute approximate surface area is 144 Å². The van der Waals surface area contributed by atoms with E-state index in [0.29, 0.717) is 29.2 Å². The highest BCUT2D eigenvalue weighted by Crippen LogP contribution is 2.27. The van der Waals surface area contributed by atoms with Crippen molar-refractivity contribution in [1.82, 2.24) is 0 Å². The summed E-state index contributed by atoms with van der Waals surface area (Å²) in [6, 6.07) is 4.68. The Morgan fingerprint density at radius 3 is 2.54 bits per heavy atom. The lowest BCUT2D eigenvalue weighted by molar-refractivity contribution is -0.137. The number of hydrogen-bond acceptors (Lipinski definition) is 2. The maximum atomic E-state index is 13.4. The zero-order valence-electron chi connectivity index (χ0n) is 15.0. The Bertz CT molecular complexity index is 620. The minimum absolute atomic E-state index is 0.136. The Morgan fingerprint density at radius 1 is 1.38 bits per heavy atom. The van der Waals surface area contributed by atoms with Crippen molar-refractivity contribution in [3.8, 4) is 0 Å². The summed E-state index contributed by atoms with van der Waals surface area (Å²) in [5, 5.41) is 17.3. The summed E-state index contributed by atoms with van der Waals surface area (Å²) in [7, 11) is 0. The molecular weight excluding hydrogens is 305 g/mol. The molecule has 132 valence electrons. The van der Waals surface area contributed by atoms with Gasteiger partial charge in [0.2, 0.25) is 0 Å². The van der Waals surface area contributed by atoms with Crippen molar-refractivity contribution >= 4 is 11.7 Å². The van der Waals surface area contributed by atoms with Crippen LogP contribution in [0.4, 0.5) is 4.39 Å². The normalized spacial score (nSPS) is 13.2. The van der Waals surface area contributed by atoms with Gasteiger partial charge < -0.3 is 10.5 Å². The van der Waals surface area contributed by atoms with Crippen molar-refractivity contribution < 1.29 is 14.3 Å². The predicted octanol–water partition coefficient (Wildman–Crippen LogP) is 5.37. The van der Waals surface area contributed by atoms with Gasteiger partial charge in [0.25, 0.3) is 0 Å². The second kappa shape index (κ2) is 9.36. The van der Waals surface area contributed by atoms with Gasteiger partial charge in [0.05, 0.1) is 5.71 Å². The Kier molecular flexibility index (Phi) is 7.83. The minimum atomic E-state index is -0.790. The second-order valence-electron chi connectivity index (χ2n) is 6.73. The highest BCUT2D eigenvalue weighted by molar-refractivity contribution is 6.07. The summed E-state index contributed by atoms with van der Waals surface area (Å²) < 4.78 is 13.4. The van der Waals surface area contributed by atoms with Crippen molar-refractivity contribution in [2.24, 2.45) is 11.8 Å². The number of allylic oxidation sites excluding steroid dienone is 2. The Hall–Kier alpha value is -1.97. The number of hydrogen-bond donors (Lipinski definition) is 2. The lowest BCUT2D eigenvalue weighted by Crippen LogP contribution is -2.11. The van der Waals surface area contributed by atoms with Crippen molar-refractivity contribution in [2.75, 3.05) is 0 Å². The standard InChI is InChI=1S/C20H28FNO2/c1-5-15(7-9-20(23)24)17(10-13(2)3)12-19(22)16-6-8-18(21)14(4)11-16/h6,8,11-13,15,22H,5,7,9-10H2,1-4H3,(H,23,24). The first-order chi connectivity index (χ1) is 11.2. The number of rotatable bonds is 9. The minimum Gasteiger partial charge on any atom is -0.481 e. The first-order valence-corrected chi connectivity index (χ1v) is 8.51. The van der Waals surface area contributed by atoms with Gasteiger partial charge in [-0.25, -0.2) is 4.39 Å². The van der Waals surface area contributed by atoms with Gasteiger partial charge >= 0.3 is 5.97 Å². The quantitative estimate of drug-likeness (QED) is 0.597. The summed E-state index contributed by atoms with van der Waals surface area (Å²) in [5.41, 5.74) is 2.67. The molecule has 4 heteroatoms. The van der Waals surface area contributed by atoms with Gasteiger partial charge in [-0.15, -0.1) is 0 Å². The van der Waals surface area contributed by atoms with Crippen LogP contribution in [-0.2, 0) is 4.79 Å². The first-order valence-electron chi connectivity index (χ1n) is 8.51. The monoisotopic (exact) mass is 333 g/mol. The number of aryl methyl sites for hydroxylation is 1. The van der Waals surface area contributed by atoms with Gasteiger partial charge in [-0.3, -0.25) is 4.79 Å². The molecule has 0 fully saturated rings. The molecule has 1 unspecified atom stereocenters. The second-order valence-corrected chi connectivity index (χ2v) is 6.73. The average molecular weight is 333 g/mol. The van der Waals surface area contributed by atoms with Crippen molar-refractivity contribution in [1.29, 1.82) is 5.41 Å². The van der Waals surface area contributed by atoms with Crippen molar-refractivity contribution in [3.05, 3.63) is 46.8 Å². The number of carboxylic acids is 1. The smallest absolute Gasteiger partial charge is 0.303 e. The SMILES string of the molecule is CCC(CCC(=O)O)C(=CC(=N)c1ccc(F)c(C)c1)CC(C)C. The third-order valence-electron chi connectivity index (χ3n) is 4.17. The maximum absolute atomic E-state index is 13.4. The zero-order valence-corrected chi connectivity index (χ0v) is 15.0. The van der Waals surface area contributed by atoms with Gasteiger partial charge in [-0.05, 0) is 73.4 Å². The molecule has 0 spiro atoms. The van der Waals surface area contributed by atoms with Crippen LogP contribution in [0.25, 0.3) is 0 Å². The van der Waals surface area contributed by atoms with Crippen LogP contribution in [0.15, 0.2) is 29.8 Å². The summed E-state index contributed by atoms with van der Waals surface area (Å²) in [6.07, 6.45) is 4.25. The molecule has 3 nitrogen and oxygen atoms in total. The zero-order chi connectivity index (χ0) is 18.3. The van der Waals surface area contributed by atoms with Crippen LogP contribution in [0, 0.1) is 30.0 Å². The molecule has 0 bridgehead atoms. The highest BCUT2D eigenvalue weighted by Gasteiger charge is 2.16. The molecule has 1 aromatic carbocycles. The van der Waals surface area contributed by atoms with E-state index < -0.39 is 5.97 Å². The van der Waals surface area contributed by atoms with E-state index in [-0.39, 0.29) is 18.2 Å². The number of halogens is 1. The fraction of sp³-hybridized carbons (Fsp3) is 0.500. The molecule has 0 aliphatic heterocycles. The lowest BCUT2D eigenvalue weighted by Gasteiger charge is -2.20. The largest absolute Gasteiger partial charge is 0.481 e. The number of carboxylic acid groups (broad SMARTS) is 1. The third-order valence-corrected chi connectivity index (χ3v) is 4.17. The van der Waals surface area contributed by atoms with E-state index in [1.807, 2.05) is 13.0 Å². The van der Waals surface area contributed by atoms with E-state index in [9.17, 15) is 9.18 Å². The molecule has 0 amide bonds. The third kappa shape index (κ3) is 6.26. The number of aliphatic carboxylic acids is 1. The van der Waals surface area contributed by atoms with E-state index in [0.717, 1.165) is 18.4 Å². The topological polar surface area (TPSA) is 61.1 Å². The van der Waals surface area contributed by atoms with E-state index in [4.69, 9.17) is 10.5 Å². The van der Waals surface area contributed by atoms with E-state index in [1.54, 1.807) is 19.1 Å². The molecule has 1 rings (SSSR count). The van der Waals surface area contributed by atoms with E-state index in [1.165, 1.54) is 6.07 Å². The molecule has 0 aliphatic carbocycles. The summed E-state index contributed by atoms with van der Waals surface area (Å²) in [4.78, 5) is 10.9. The van der Waals surface area contributed by atoms with Crippen LogP contribution in [-0.4, -0.2) is 16.8 Å². The number of carbonyl (C=O) groups is 1. The van der Waals surface area contributed by atoms with Gasteiger partial charge in [-0.1, -0.05) is 26.3 Å². The summed E-state index contributed by atoms with van der Waals surface area (Å²) in [6.45, 7) is 7.96. The predicted molar refractivity (Wildman–Crippen MR) is 96.2 cm³/mol.